The molecule has 0 amide bonds. The number of ether oxygens (including phenoxy) is 1. The van der Waals surface area contributed by atoms with Crippen molar-refractivity contribution in [1.29, 1.82) is 0 Å². The molecular formula is C19H19N3O3. The highest BCUT2D eigenvalue weighted by molar-refractivity contribution is 5.62. The van der Waals surface area contributed by atoms with Gasteiger partial charge in [-0.25, -0.2) is 0 Å². The Balaban J connectivity index is 1.73. The zero-order valence-electron chi connectivity index (χ0n) is 14.3. The van der Waals surface area contributed by atoms with Gasteiger partial charge in [-0.1, -0.05) is 5.16 Å². The van der Waals surface area contributed by atoms with Gasteiger partial charge in [-0.3, -0.25) is 4.79 Å². The SMILES string of the molecule is CCOc1ccc(-c2nc(-c3c4n(c(C)cc3=O)CCC4)no2)cc1. The fraction of sp³-hybridized carbons (Fsp3) is 0.316. The highest BCUT2D eigenvalue weighted by atomic mass is 16.5. The van der Waals surface area contributed by atoms with Gasteiger partial charge in [0.1, 0.15) is 5.75 Å². The maximum Gasteiger partial charge on any atom is 0.258 e. The van der Waals surface area contributed by atoms with E-state index in [-0.39, 0.29) is 5.43 Å². The molecule has 6 nitrogen and oxygen atoms in total. The molecule has 0 unspecified atom stereocenters. The number of aryl methyl sites for hydroxylation is 1. The average molecular weight is 337 g/mol. The Kier molecular flexibility index (Phi) is 3.87. The normalized spacial score (nSPS) is 13.0. The van der Waals surface area contributed by atoms with Crippen LogP contribution in [0.4, 0.5) is 0 Å². The standard InChI is InChI=1S/C19H19N3O3/c1-3-24-14-8-6-13(7-9-14)19-20-18(21-25-19)17-15-5-4-10-22(15)12(2)11-16(17)23/h6-9,11H,3-5,10H2,1-2H3. The Morgan fingerprint density at radius 2 is 2.08 bits per heavy atom. The van der Waals surface area contributed by atoms with Gasteiger partial charge in [-0.05, 0) is 51.0 Å². The molecule has 25 heavy (non-hydrogen) atoms. The molecule has 0 bridgehead atoms. The first kappa shape index (κ1) is 15.6. The third kappa shape index (κ3) is 2.73. The van der Waals surface area contributed by atoms with E-state index in [1.54, 1.807) is 6.07 Å². The Labute approximate surface area is 145 Å². The van der Waals surface area contributed by atoms with E-state index in [4.69, 9.17) is 9.26 Å². The molecule has 0 spiro atoms. The number of aromatic nitrogens is 3. The zero-order chi connectivity index (χ0) is 17.4. The van der Waals surface area contributed by atoms with Crippen LogP contribution >= 0.6 is 0 Å². The number of hydrogen-bond acceptors (Lipinski definition) is 5. The number of benzene rings is 1. The van der Waals surface area contributed by atoms with Crippen LogP contribution in [0.3, 0.4) is 0 Å². The van der Waals surface area contributed by atoms with E-state index in [1.807, 2.05) is 38.1 Å². The van der Waals surface area contributed by atoms with Crippen molar-refractivity contribution in [2.75, 3.05) is 6.61 Å². The zero-order valence-corrected chi connectivity index (χ0v) is 14.3. The number of rotatable bonds is 4. The van der Waals surface area contributed by atoms with Crippen LogP contribution in [0.15, 0.2) is 39.6 Å². The third-order valence-electron chi connectivity index (χ3n) is 4.48. The molecule has 0 radical (unpaired) electrons. The molecular weight excluding hydrogens is 318 g/mol. The largest absolute Gasteiger partial charge is 0.494 e. The molecule has 0 atom stereocenters. The van der Waals surface area contributed by atoms with Crippen LogP contribution in [0, 0.1) is 6.92 Å². The van der Waals surface area contributed by atoms with E-state index in [0.717, 1.165) is 42.1 Å². The Hall–Kier alpha value is -2.89. The summed E-state index contributed by atoms with van der Waals surface area (Å²) < 4.78 is 13.0. The van der Waals surface area contributed by atoms with Crippen molar-refractivity contribution in [2.24, 2.45) is 0 Å². The van der Waals surface area contributed by atoms with Crippen molar-refractivity contribution in [3.05, 3.63) is 51.9 Å². The molecule has 0 saturated carbocycles. The smallest absolute Gasteiger partial charge is 0.258 e. The topological polar surface area (TPSA) is 70.2 Å². The van der Waals surface area contributed by atoms with Crippen LogP contribution in [0.2, 0.25) is 0 Å². The minimum Gasteiger partial charge on any atom is -0.494 e. The fourth-order valence-corrected chi connectivity index (χ4v) is 3.35. The van der Waals surface area contributed by atoms with Crippen molar-refractivity contribution < 1.29 is 9.26 Å². The van der Waals surface area contributed by atoms with Crippen molar-refractivity contribution >= 4 is 0 Å². The Morgan fingerprint density at radius 1 is 1.28 bits per heavy atom. The third-order valence-corrected chi connectivity index (χ3v) is 4.48. The van der Waals surface area contributed by atoms with E-state index in [0.29, 0.717) is 23.9 Å². The highest BCUT2D eigenvalue weighted by Gasteiger charge is 2.23. The van der Waals surface area contributed by atoms with Crippen LogP contribution in [0.25, 0.3) is 22.8 Å². The molecule has 3 aromatic rings. The monoisotopic (exact) mass is 337 g/mol. The van der Waals surface area contributed by atoms with E-state index in [9.17, 15) is 4.79 Å². The van der Waals surface area contributed by atoms with Crippen molar-refractivity contribution in [1.82, 2.24) is 14.7 Å². The first-order valence-corrected chi connectivity index (χ1v) is 8.48. The Bertz CT molecular complexity index is 971. The second kappa shape index (κ2) is 6.20. The van der Waals surface area contributed by atoms with E-state index < -0.39 is 0 Å². The maximum atomic E-state index is 12.5. The van der Waals surface area contributed by atoms with Crippen molar-refractivity contribution in [2.45, 2.75) is 33.2 Å². The lowest BCUT2D eigenvalue weighted by Crippen LogP contribution is -2.15. The molecule has 2 aromatic heterocycles. The van der Waals surface area contributed by atoms with Gasteiger partial charge in [0.05, 0.1) is 12.2 Å². The number of hydrogen-bond donors (Lipinski definition) is 0. The minimum absolute atomic E-state index is 0.0512. The minimum atomic E-state index is -0.0512. The van der Waals surface area contributed by atoms with Crippen molar-refractivity contribution in [3.63, 3.8) is 0 Å². The molecule has 1 aliphatic rings. The van der Waals surface area contributed by atoms with E-state index in [2.05, 4.69) is 14.7 Å². The summed E-state index contributed by atoms with van der Waals surface area (Å²) in [5, 5.41) is 4.06. The first-order chi connectivity index (χ1) is 12.2. The lowest BCUT2D eigenvalue weighted by molar-refractivity contribution is 0.340. The van der Waals surface area contributed by atoms with Crippen LogP contribution in [-0.4, -0.2) is 21.3 Å². The molecule has 0 aliphatic carbocycles. The molecule has 128 valence electrons. The fourth-order valence-electron chi connectivity index (χ4n) is 3.35. The summed E-state index contributed by atoms with van der Waals surface area (Å²) in [7, 11) is 0. The van der Waals surface area contributed by atoms with Gasteiger partial charge in [0.25, 0.3) is 5.89 Å². The number of fused-ring (bicyclic) bond motifs is 1. The molecule has 6 heteroatoms. The quantitative estimate of drug-likeness (QED) is 0.731. The molecule has 0 fully saturated rings. The summed E-state index contributed by atoms with van der Waals surface area (Å²) in [4.78, 5) is 17.0. The predicted octanol–water partition coefficient (Wildman–Crippen LogP) is 3.22. The summed E-state index contributed by atoms with van der Waals surface area (Å²) in [6, 6.07) is 9.11. The van der Waals surface area contributed by atoms with Crippen molar-refractivity contribution in [3.8, 4) is 28.6 Å². The molecule has 0 N–H and O–H groups in total. The second-order valence-electron chi connectivity index (χ2n) is 6.11. The van der Waals surface area contributed by atoms with E-state index >= 15 is 0 Å². The molecule has 1 aliphatic heterocycles. The summed E-state index contributed by atoms with van der Waals surface area (Å²) in [5.41, 5.74) is 3.29. The molecule has 4 rings (SSSR count). The second-order valence-corrected chi connectivity index (χ2v) is 6.11. The number of pyridine rings is 1. The lowest BCUT2D eigenvalue weighted by Gasteiger charge is -2.10. The summed E-state index contributed by atoms with van der Waals surface area (Å²) in [5.74, 6) is 1.55. The van der Waals surface area contributed by atoms with Gasteiger partial charge in [0.2, 0.25) is 5.82 Å². The van der Waals surface area contributed by atoms with Crippen LogP contribution in [0.1, 0.15) is 24.7 Å². The van der Waals surface area contributed by atoms with E-state index in [1.165, 1.54) is 0 Å². The lowest BCUT2D eigenvalue weighted by atomic mass is 10.1. The first-order valence-electron chi connectivity index (χ1n) is 8.48. The van der Waals surface area contributed by atoms with Gasteiger partial charge in [0, 0.05) is 29.6 Å². The van der Waals surface area contributed by atoms with Gasteiger partial charge >= 0.3 is 0 Å². The van der Waals surface area contributed by atoms with Crippen LogP contribution in [-0.2, 0) is 13.0 Å². The summed E-state index contributed by atoms with van der Waals surface area (Å²) >= 11 is 0. The van der Waals surface area contributed by atoms with Gasteiger partial charge in [-0.2, -0.15) is 4.98 Å². The number of nitrogens with zero attached hydrogens (tertiary/aromatic N) is 3. The Morgan fingerprint density at radius 3 is 2.84 bits per heavy atom. The van der Waals surface area contributed by atoms with Gasteiger partial charge in [-0.15, -0.1) is 0 Å². The maximum absolute atomic E-state index is 12.5. The molecule has 1 aromatic carbocycles. The van der Waals surface area contributed by atoms with Gasteiger partial charge < -0.3 is 13.8 Å². The van der Waals surface area contributed by atoms with Gasteiger partial charge in [0.15, 0.2) is 5.43 Å². The summed E-state index contributed by atoms with van der Waals surface area (Å²) in [6.07, 6.45) is 1.89. The summed E-state index contributed by atoms with van der Waals surface area (Å²) in [6.45, 7) is 5.45. The van der Waals surface area contributed by atoms with Crippen LogP contribution in [0.5, 0.6) is 5.75 Å². The highest BCUT2D eigenvalue weighted by Crippen LogP contribution is 2.27. The predicted molar refractivity (Wildman–Crippen MR) is 93.7 cm³/mol. The molecule has 0 saturated heterocycles. The van der Waals surface area contributed by atoms with Crippen LogP contribution < -0.4 is 10.2 Å². The average Bonchev–Trinajstić information content (AvgIpc) is 3.26. The molecule has 3 heterocycles.